The summed E-state index contributed by atoms with van der Waals surface area (Å²) in [6, 6.07) is 3.81. The molecule has 0 fully saturated rings. The van der Waals surface area contributed by atoms with E-state index in [1.165, 1.54) is 0 Å². The molecule has 0 amide bonds. The van der Waals surface area contributed by atoms with Crippen LogP contribution in [0.15, 0.2) is 35.5 Å². The van der Waals surface area contributed by atoms with Gasteiger partial charge in [0.25, 0.3) is 0 Å². The van der Waals surface area contributed by atoms with Crippen molar-refractivity contribution >= 4 is 0 Å². The van der Waals surface area contributed by atoms with Crippen LogP contribution in [-0.2, 0) is 6.42 Å². The summed E-state index contributed by atoms with van der Waals surface area (Å²) in [6.07, 6.45) is 4.31. The number of aliphatic hydroxyl groups excluding tert-OH is 2. The van der Waals surface area contributed by atoms with Gasteiger partial charge in [0, 0.05) is 6.42 Å². The molecule has 1 aromatic rings. The lowest BCUT2D eigenvalue weighted by Gasteiger charge is -1.81. The molecule has 1 rings (SSSR count). The van der Waals surface area contributed by atoms with E-state index >= 15 is 0 Å². The normalized spacial score (nSPS) is 8.50. The van der Waals surface area contributed by atoms with Crippen molar-refractivity contribution in [2.75, 3.05) is 13.2 Å². The van der Waals surface area contributed by atoms with Gasteiger partial charge in [0.2, 0.25) is 0 Å². The van der Waals surface area contributed by atoms with Crippen molar-refractivity contribution in [2.45, 2.75) is 6.42 Å². The molecular weight excluding hydrogens is 156 g/mol. The lowest BCUT2D eigenvalue weighted by atomic mass is 10.3. The van der Waals surface area contributed by atoms with Crippen LogP contribution in [0.4, 0.5) is 0 Å². The molecule has 3 heteroatoms. The summed E-state index contributed by atoms with van der Waals surface area (Å²) in [7, 11) is 0. The maximum atomic E-state index is 7.62. The molecule has 1 aromatic heterocycles. The van der Waals surface area contributed by atoms with Gasteiger partial charge in [-0.15, -0.1) is 6.58 Å². The first-order valence-electron chi connectivity index (χ1n) is 3.70. The van der Waals surface area contributed by atoms with Gasteiger partial charge in [0.15, 0.2) is 0 Å². The number of hydrogen-bond donors (Lipinski definition) is 2. The van der Waals surface area contributed by atoms with Gasteiger partial charge in [0.05, 0.1) is 19.5 Å². The molecule has 68 valence electrons. The van der Waals surface area contributed by atoms with Crippen LogP contribution in [0, 0.1) is 0 Å². The Bertz CT molecular complexity index is 178. The number of allylic oxidation sites excluding steroid dienone is 1. The number of rotatable bonds is 3. The second-order valence-corrected chi connectivity index (χ2v) is 2.02. The Labute approximate surface area is 72.0 Å². The Kier molecular flexibility index (Phi) is 7.33. The van der Waals surface area contributed by atoms with Gasteiger partial charge in [-0.1, -0.05) is 6.08 Å². The molecule has 0 atom stereocenters. The van der Waals surface area contributed by atoms with E-state index in [9.17, 15) is 0 Å². The van der Waals surface area contributed by atoms with Crippen LogP contribution in [0.1, 0.15) is 5.76 Å². The molecule has 1 heterocycles. The molecule has 0 aliphatic rings. The zero-order chi connectivity index (χ0) is 9.23. The highest BCUT2D eigenvalue weighted by Crippen LogP contribution is 1.99. The lowest BCUT2D eigenvalue weighted by Crippen LogP contribution is -1.85. The van der Waals surface area contributed by atoms with Gasteiger partial charge < -0.3 is 14.6 Å². The van der Waals surface area contributed by atoms with Crippen molar-refractivity contribution < 1.29 is 14.6 Å². The molecule has 0 saturated heterocycles. The van der Waals surface area contributed by atoms with Crippen molar-refractivity contribution in [3.05, 3.63) is 36.8 Å². The van der Waals surface area contributed by atoms with E-state index < -0.39 is 0 Å². The molecule has 12 heavy (non-hydrogen) atoms. The molecule has 0 aromatic carbocycles. The molecule has 0 unspecified atom stereocenters. The maximum Gasteiger partial charge on any atom is 0.107 e. The third-order valence-electron chi connectivity index (χ3n) is 1.03. The molecule has 0 aliphatic carbocycles. The van der Waals surface area contributed by atoms with Crippen molar-refractivity contribution in [1.29, 1.82) is 0 Å². The molecule has 0 saturated carbocycles. The smallest absolute Gasteiger partial charge is 0.107 e. The van der Waals surface area contributed by atoms with E-state index in [-0.39, 0.29) is 13.2 Å². The molecule has 0 aliphatic heterocycles. The summed E-state index contributed by atoms with van der Waals surface area (Å²) in [5.74, 6) is 0.972. The Morgan fingerprint density at radius 3 is 2.42 bits per heavy atom. The minimum atomic E-state index is -0.125. The summed E-state index contributed by atoms with van der Waals surface area (Å²) >= 11 is 0. The maximum absolute atomic E-state index is 7.62. The zero-order valence-electron chi connectivity index (χ0n) is 6.94. The standard InChI is InChI=1S/C7H8O.C2H6O2/c1-2-4-7-5-3-6-8-7;3-1-2-4/h2-3,5-6H,1,4H2;3-4H,1-2H2. The minimum absolute atomic E-state index is 0.125. The monoisotopic (exact) mass is 170 g/mol. The van der Waals surface area contributed by atoms with Crippen molar-refractivity contribution in [3.63, 3.8) is 0 Å². The molecule has 0 spiro atoms. The highest BCUT2D eigenvalue weighted by atomic mass is 16.3. The number of hydrogen-bond acceptors (Lipinski definition) is 3. The topological polar surface area (TPSA) is 53.6 Å². The van der Waals surface area contributed by atoms with E-state index in [1.54, 1.807) is 6.26 Å². The molecule has 2 N–H and O–H groups in total. The fraction of sp³-hybridized carbons (Fsp3) is 0.333. The second kappa shape index (κ2) is 8.04. The number of aliphatic hydroxyl groups is 2. The fourth-order valence-corrected chi connectivity index (χ4v) is 0.571. The van der Waals surface area contributed by atoms with E-state index in [0.717, 1.165) is 12.2 Å². The average molecular weight is 170 g/mol. The van der Waals surface area contributed by atoms with Crippen molar-refractivity contribution in [1.82, 2.24) is 0 Å². The van der Waals surface area contributed by atoms with Gasteiger partial charge in [0.1, 0.15) is 5.76 Å². The predicted octanol–water partition coefficient (Wildman–Crippen LogP) is 0.979. The summed E-state index contributed by atoms with van der Waals surface area (Å²) in [4.78, 5) is 0. The van der Waals surface area contributed by atoms with Crippen molar-refractivity contribution in [3.8, 4) is 0 Å². The Hall–Kier alpha value is -1.06. The van der Waals surface area contributed by atoms with Gasteiger partial charge in [-0.25, -0.2) is 0 Å². The van der Waals surface area contributed by atoms with Crippen LogP contribution < -0.4 is 0 Å². The molecular formula is C9H14O3. The fourth-order valence-electron chi connectivity index (χ4n) is 0.571. The van der Waals surface area contributed by atoms with Crippen LogP contribution in [0.5, 0.6) is 0 Å². The van der Waals surface area contributed by atoms with E-state index in [1.807, 2.05) is 18.2 Å². The van der Waals surface area contributed by atoms with Crippen LogP contribution in [0.2, 0.25) is 0 Å². The Balaban J connectivity index is 0.000000261. The lowest BCUT2D eigenvalue weighted by molar-refractivity contribution is 0.186. The summed E-state index contributed by atoms with van der Waals surface area (Å²) in [5, 5.41) is 15.2. The minimum Gasteiger partial charge on any atom is -0.469 e. The quantitative estimate of drug-likeness (QED) is 0.665. The first kappa shape index (κ1) is 10.9. The van der Waals surface area contributed by atoms with Crippen LogP contribution in [-0.4, -0.2) is 23.4 Å². The third-order valence-corrected chi connectivity index (χ3v) is 1.03. The SMILES string of the molecule is C=CCc1ccco1.OCCO. The van der Waals surface area contributed by atoms with E-state index in [2.05, 4.69) is 6.58 Å². The summed E-state index contributed by atoms with van der Waals surface area (Å²) in [6.45, 7) is 3.33. The molecule has 0 bridgehead atoms. The van der Waals surface area contributed by atoms with E-state index in [0.29, 0.717) is 0 Å². The summed E-state index contributed by atoms with van der Waals surface area (Å²) < 4.78 is 5.00. The van der Waals surface area contributed by atoms with Gasteiger partial charge in [-0.05, 0) is 12.1 Å². The Morgan fingerprint density at radius 1 is 1.42 bits per heavy atom. The van der Waals surface area contributed by atoms with Gasteiger partial charge in [-0.3, -0.25) is 0 Å². The molecule has 0 radical (unpaired) electrons. The third kappa shape index (κ3) is 5.70. The average Bonchev–Trinajstić information content (AvgIpc) is 2.58. The first-order valence-corrected chi connectivity index (χ1v) is 3.70. The zero-order valence-corrected chi connectivity index (χ0v) is 6.94. The largest absolute Gasteiger partial charge is 0.469 e. The highest BCUT2D eigenvalue weighted by molar-refractivity contribution is 5.01. The highest BCUT2D eigenvalue weighted by Gasteiger charge is 1.86. The predicted molar refractivity (Wildman–Crippen MR) is 46.8 cm³/mol. The van der Waals surface area contributed by atoms with Gasteiger partial charge >= 0.3 is 0 Å². The Morgan fingerprint density at radius 2 is 2.08 bits per heavy atom. The van der Waals surface area contributed by atoms with Crippen LogP contribution >= 0.6 is 0 Å². The second-order valence-electron chi connectivity index (χ2n) is 2.02. The van der Waals surface area contributed by atoms with Crippen molar-refractivity contribution in [2.24, 2.45) is 0 Å². The number of furan rings is 1. The molecule has 3 nitrogen and oxygen atoms in total. The first-order chi connectivity index (χ1) is 5.85. The van der Waals surface area contributed by atoms with Crippen LogP contribution in [0.3, 0.4) is 0 Å². The van der Waals surface area contributed by atoms with E-state index in [4.69, 9.17) is 14.6 Å². The summed E-state index contributed by atoms with van der Waals surface area (Å²) in [5.41, 5.74) is 0. The van der Waals surface area contributed by atoms with Crippen LogP contribution in [0.25, 0.3) is 0 Å². The van der Waals surface area contributed by atoms with Gasteiger partial charge in [-0.2, -0.15) is 0 Å².